The first-order chi connectivity index (χ1) is 11.0. The molecule has 4 nitrogen and oxygen atoms in total. The highest BCUT2D eigenvalue weighted by atomic mass is 19.3. The van der Waals surface area contributed by atoms with Crippen molar-refractivity contribution in [2.24, 2.45) is 5.10 Å². The maximum atomic E-state index is 12.7. The Balaban J connectivity index is 1.83. The summed E-state index contributed by atoms with van der Waals surface area (Å²) in [6.07, 6.45) is 1.44. The number of alkyl halides is 2. The van der Waals surface area contributed by atoms with Crippen LogP contribution in [0.4, 0.5) is 13.2 Å². The molecule has 0 atom stereocenters. The van der Waals surface area contributed by atoms with Gasteiger partial charge in [-0.1, -0.05) is 12.1 Å². The molecule has 2 aromatic carbocycles. The van der Waals surface area contributed by atoms with Crippen LogP contribution in [-0.2, 0) is 11.2 Å². The fraction of sp³-hybridized carbons (Fsp3) is 0.125. The third-order valence-electron chi connectivity index (χ3n) is 2.79. The highest BCUT2D eigenvalue weighted by molar-refractivity contribution is 5.83. The molecule has 0 spiro atoms. The van der Waals surface area contributed by atoms with Crippen molar-refractivity contribution >= 4 is 12.1 Å². The van der Waals surface area contributed by atoms with E-state index in [0.29, 0.717) is 11.1 Å². The van der Waals surface area contributed by atoms with Gasteiger partial charge in [0.1, 0.15) is 11.6 Å². The average molecular weight is 322 g/mol. The second-order valence-electron chi connectivity index (χ2n) is 4.54. The van der Waals surface area contributed by atoms with Gasteiger partial charge in [0.2, 0.25) is 5.91 Å². The molecular formula is C16H13F3N2O2. The molecule has 0 aromatic heterocycles. The van der Waals surface area contributed by atoms with Crippen molar-refractivity contribution in [1.29, 1.82) is 0 Å². The van der Waals surface area contributed by atoms with Gasteiger partial charge in [-0.25, -0.2) is 9.82 Å². The minimum Gasteiger partial charge on any atom is -0.435 e. The summed E-state index contributed by atoms with van der Waals surface area (Å²) in [7, 11) is 0. The monoisotopic (exact) mass is 322 g/mol. The summed E-state index contributed by atoms with van der Waals surface area (Å²) < 4.78 is 40.9. The van der Waals surface area contributed by atoms with Gasteiger partial charge >= 0.3 is 6.61 Å². The zero-order valence-corrected chi connectivity index (χ0v) is 11.9. The number of rotatable bonds is 6. The van der Waals surface area contributed by atoms with Crippen LogP contribution in [0.3, 0.4) is 0 Å². The zero-order valence-electron chi connectivity index (χ0n) is 11.9. The molecule has 0 radical (unpaired) electrons. The Morgan fingerprint density at radius 1 is 1.13 bits per heavy atom. The van der Waals surface area contributed by atoms with Gasteiger partial charge in [-0.15, -0.1) is 0 Å². The van der Waals surface area contributed by atoms with Crippen molar-refractivity contribution in [3.8, 4) is 5.75 Å². The Kier molecular flexibility index (Phi) is 5.74. The molecule has 0 fully saturated rings. The van der Waals surface area contributed by atoms with Crippen LogP contribution in [0.5, 0.6) is 5.75 Å². The van der Waals surface area contributed by atoms with E-state index in [1.165, 1.54) is 54.7 Å². The van der Waals surface area contributed by atoms with E-state index in [2.05, 4.69) is 15.3 Å². The number of amides is 1. The van der Waals surface area contributed by atoms with Gasteiger partial charge in [0.15, 0.2) is 0 Å². The Labute approximate surface area is 130 Å². The third-order valence-corrected chi connectivity index (χ3v) is 2.79. The minimum atomic E-state index is -2.87. The van der Waals surface area contributed by atoms with Crippen molar-refractivity contribution in [2.45, 2.75) is 13.0 Å². The molecule has 0 aliphatic rings. The number of carbonyl (C=O) groups excluding carboxylic acids is 1. The molecule has 0 aliphatic carbocycles. The van der Waals surface area contributed by atoms with Gasteiger partial charge in [-0.2, -0.15) is 13.9 Å². The third kappa shape index (κ3) is 5.82. The van der Waals surface area contributed by atoms with Gasteiger partial charge < -0.3 is 4.74 Å². The summed E-state index contributed by atoms with van der Waals surface area (Å²) in [5.74, 6) is -0.686. The van der Waals surface area contributed by atoms with E-state index in [0.717, 1.165) is 0 Å². The molecule has 2 aromatic rings. The maximum absolute atomic E-state index is 12.7. The lowest BCUT2D eigenvalue weighted by molar-refractivity contribution is -0.120. The highest BCUT2D eigenvalue weighted by Crippen LogP contribution is 2.13. The zero-order chi connectivity index (χ0) is 16.7. The topological polar surface area (TPSA) is 50.7 Å². The van der Waals surface area contributed by atoms with Crippen molar-refractivity contribution in [3.63, 3.8) is 0 Å². The molecule has 1 N–H and O–H groups in total. The molecule has 7 heteroatoms. The predicted octanol–water partition coefficient (Wildman–Crippen LogP) is 3.12. The Bertz CT molecular complexity index is 671. The van der Waals surface area contributed by atoms with Crippen molar-refractivity contribution in [2.75, 3.05) is 0 Å². The molecule has 0 saturated heterocycles. The van der Waals surface area contributed by atoms with Gasteiger partial charge in [-0.3, -0.25) is 4.79 Å². The molecule has 1 amide bonds. The van der Waals surface area contributed by atoms with E-state index in [4.69, 9.17) is 0 Å². The van der Waals surface area contributed by atoms with Gasteiger partial charge in [-0.05, 0) is 47.5 Å². The number of ether oxygens (including phenoxy) is 1. The van der Waals surface area contributed by atoms with Crippen LogP contribution in [0.1, 0.15) is 11.1 Å². The van der Waals surface area contributed by atoms with Crippen LogP contribution in [-0.4, -0.2) is 18.7 Å². The summed E-state index contributed by atoms with van der Waals surface area (Å²) >= 11 is 0. The molecule has 0 heterocycles. The fourth-order valence-electron chi connectivity index (χ4n) is 1.74. The highest BCUT2D eigenvalue weighted by Gasteiger charge is 2.04. The van der Waals surface area contributed by atoms with Crippen LogP contribution in [0.15, 0.2) is 53.6 Å². The number of nitrogens with zero attached hydrogens (tertiary/aromatic N) is 1. The van der Waals surface area contributed by atoms with E-state index in [1.807, 2.05) is 0 Å². The van der Waals surface area contributed by atoms with Crippen molar-refractivity contribution in [1.82, 2.24) is 5.43 Å². The number of halogens is 3. The van der Waals surface area contributed by atoms with E-state index >= 15 is 0 Å². The van der Waals surface area contributed by atoms with E-state index in [-0.39, 0.29) is 23.9 Å². The van der Waals surface area contributed by atoms with Gasteiger partial charge in [0, 0.05) is 0 Å². The summed E-state index contributed by atoms with van der Waals surface area (Å²) in [6.45, 7) is -2.87. The van der Waals surface area contributed by atoms with Crippen LogP contribution >= 0.6 is 0 Å². The van der Waals surface area contributed by atoms with Crippen LogP contribution in [0.2, 0.25) is 0 Å². The second kappa shape index (κ2) is 7.98. The molecule has 0 unspecified atom stereocenters. The first-order valence-electron chi connectivity index (χ1n) is 6.64. The smallest absolute Gasteiger partial charge is 0.387 e. The Morgan fingerprint density at radius 2 is 1.78 bits per heavy atom. The van der Waals surface area contributed by atoms with Crippen LogP contribution < -0.4 is 10.2 Å². The number of nitrogens with one attached hydrogen (secondary N) is 1. The number of hydrogen-bond donors (Lipinski definition) is 1. The second-order valence-corrected chi connectivity index (χ2v) is 4.54. The number of carbonyl (C=O) groups is 1. The molecule has 0 saturated carbocycles. The molecule has 0 bridgehead atoms. The lowest BCUT2D eigenvalue weighted by Gasteiger charge is -2.03. The van der Waals surface area contributed by atoms with E-state index < -0.39 is 6.61 Å². The number of hydrogen-bond acceptors (Lipinski definition) is 3. The van der Waals surface area contributed by atoms with Gasteiger partial charge in [0.25, 0.3) is 0 Å². The minimum absolute atomic E-state index is 0.0393. The Hall–Kier alpha value is -2.83. The lowest BCUT2D eigenvalue weighted by Crippen LogP contribution is -2.19. The molecule has 2 rings (SSSR count). The fourth-order valence-corrected chi connectivity index (χ4v) is 1.74. The predicted molar refractivity (Wildman–Crippen MR) is 78.9 cm³/mol. The first-order valence-corrected chi connectivity index (χ1v) is 6.64. The molecule has 0 aliphatic heterocycles. The van der Waals surface area contributed by atoms with Crippen LogP contribution in [0, 0.1) is 5.82 Å². The maximum Gasteiger partial charge on any atom is 0.387 e. The summed E-state index contributed by atoms with van der Waals surface area (Å²) in [5, 5.41) is 3.76. The average Bonchev–Trinajstić information content (AvgIpc) is 2.51. The SMILES string of the molecule is O=C(Cc1ccc(F)cc1)N/N=C/c1ccc(OC(F)F)cc1. The molecular weight excluding hydrogens is 309 g/mol. The summed E-state index contributed by atoms with van der Waals surface area (Å²) in [5.41, 5.74) is 3.59. The summed E-state index contributed by atoms with van der Waals surface area (Å²) in [4.78, 5) is 11.6. The Morgan fingerprint density at radius 3 is 2.39 bits per heavy atom. The first kappa shape index (κ1) is 16.5. The normalized spacial score (nSPS) is 11.0. The summed E-state index contributed by atoms with van der Waals surface area (Å²) in [6, 6.07) is 11.4. The molecule has 23 heavy (non-hydrogen) atoms. The molecule has 120 valence electrons. The van der Waals surface area contributed by atoms with Crippen LogP contribution in [0.25, 0.3) is 0 Å². The number of benzene rings is 2. The number of hydrazone groups is 1. The standard InChI is InChI=1S/C16H13F3N2O2/c17-13-5-1-11(2-6-13)9-15(22)21-20-10-12-3-7-14(8-4-12)23-16(18)19/h1-8,10,16H,9H2,(H,21,22)/b20-10+. The quantitative estimate of drug-likeness (QED) is 0.656. The van der Waals surface area contributed by atoms with E-state index in [9.17, 15) is 18.0 Å². The lowest BCUT2D eigenvalue weighted by atomic mass is 10.1. The van der Waals surface area contributed by atoms with Gasteiger partial charge in [0.05, 0.1) is 12.6 Å². The van der Waals surface area contributed by atoms with Crippen molar-refractivity contribution in [3.05, 3.63) is 65.5 Å². The largest absolute Gasteiger partial charge is 0.435 e. The van der Waals surface area contributed by atoms with Crippen molar-refractivity contribution < 1.29 is 22.7 Å². The van der Waals surface area contributed by atoms with E-state index in [1.54, 1.807) is 0 Å².